The van der Waals surface area contributed by atoms with Gasteiger partial charge < -0.3 is 14.8 Å². The molecule has 3 aliphatic rings. The van der Waals surface area contributed by atoms with Crippen LogP contribution in [-0.4, -0.2) is 54.1 Å². The van der Waals surface area contributed by atoms with E-state index in [1.165, 1.54) is 12.1 Å². The normalized spacial score (nSPS) is 23.0. The van der Waals surface area contributed by atoms with Crippen LogP contribution in [-0.2, 0) is 23.9 Å². The number of ketones is 1. The number of amides is 3. The van der Waals surface area contributed by atoms with Crippen LogP contribution in [0, 0.1) is 11.8 Å². The molecule has 0 aromatic heterocycles. The van der Waals surface area contributed by atoms with Gasteiger partial charge >= 0.3 is 5.97 Å². The first-order chi connectivity index (χ1) is 13.9. The van der Waals surface area contributed by atoms with E-state index in [0.29, 0.717) is 24.3 Å². The van der Waals surface area contributed by atoms with Gasteiger partial charge in [-0.25, -0.2) is 0 Å². The first-order valence-electron chi connectivity index (χ1n) is 9.55. The second-order valence-corrected chi connectivity index (χ2v) is 7.39. The number of Topliss-reactive ketones (excluding diaryl/α,β-unsaturated/α-hetero) is 1. The fourth-order valence-corrected chi connectivity index (χ4v) is 4.05. The average molecular weight is 400 g/mol. The van der Waals surface area contributed by atoms with Crippen molar-refractivity contribution in [2.45, 2.75) is 25.7 Å². The molecule has 0 radical (unpaired) electrons. The lowest BCUT2D eigenvalue weighted by Gasteiger charge is -2.19. The zero-order chi connectivity index (χ0) is 20.5. The topological polar surface area (TPSA) is 119 Å². The number of imide groups is 1. The molecule has 29 heavy (non-hydrogen) atoms. The third kappa shape index (κ3) is 3.72. The van der Waals surface area contributed by atoms with E-state index in [2.05, 4.69) is 5.32 Å². The highest BCUT2D eigenvalue weighted by Crippen LogP contribution is 2.37. The lowest BCUT2D eigenvalue weighted by Crippen LogP contribution is -2.37. The monoisotopic (exact) mass is 400 g/mol. The van der Waals surface area contributed by atoms with Crippen LogP contribution in [0.4, 0.5) is 5.69 Å². The summed E-state index contributed by atoms with van der Waals surface area (Å²) in [6.45, 7) is -1.10. The second kappa shape index (κ2) is 7.65. The molecule has 2 heterocycles. The summed E-state index contributed by atoms with van der Waals surface area (Å²) in [5.74, 6) is -2.49. The fourth-order valence-electron chi connectivity index (χ4n) is 4.05. The minimum atomic E-state index is -0.812. The maximum Gasteiger partial charge on any atom is 0.326 e. The van der Waals surface area contributed by atoms with E-state index >= 15 is 0 Å². The van der Waals surface area contributed by atoms with Gasteiger partial charge in [-0.2, -0.15) is 0 Å². The Kier molecular flexibility index (Phi) is 5.04. The summed E-state index contributed by atoms with van der Waals surface area (Å²) < 4.78 is 10.2. The van der Waals surface area contributed by atoms with Crippen molar-refractivity contribution >= 4 is 35.2 Å². The number of anilines is 1. The molecule has 2 unspecified atom stereocenters. The van der Waals surface area contributed by atoms with E-state index in [0.717, 1.165) is 17.7 Å². The van der Waals surface area contributed by atoms with Gasteiger partial charge in [-0.15, -0.1) is 0 Å². The highest BCUT2D eigenvalue weighted by molar-refractivity contribution is 6.07. The van der Waals surface area contributed by atoms with Crippen LogP contribution in [0.25, 0.3) is 0 Å². The van der Waals surface area contributed by atoms with E-state index in [9.17, 15) is 24.0 Å². The molecule has 2 atom stereocenters. The van der Waals surface area contributed by atoms with Gasteiger partial charge in [0, 0.05) is 5.56 Å². The van der Waals surface area contributed by atoms with E-state index in [4.69, 9.17) is 9.47 Å². The minimum Gasteiger partial charge on any atom is -0.482 e. The third-order valence-electron chi connectivity index (χ3n) is 5.52. The maximum atomic E-state index is 12.4. The standard InChI is InChI=1S/C20H20N2O7/c23-15(11-5-6-16-14(7-11)21-17(24)10-28-16)9-29-18(25)8-22-19(26)12-3-1-2-4-13(12)20(22)27/h5-7,12-13H,1-4,8-10H2,(H,21,24). The summed E-state index contributed by atoms with van der Waals surface area (Å²) in [5.41, 5.74) is 0.607. The molecule has 1 N–H and O–H groups in total. The van der Waals surface area contributed by atoms with Gasteiger partial charge in [-0.3, -0.25) is 28.9 Å². The lowest BCUT2D eigenvalue weighted by atomic mass is 9.81. The highest BCUT2D eigenvalue weighted by atomic mass is 16.5. The van der Waals surface area contributed by atoms with Crippen molar-refractivity contribution in [1.82, 2.24) is 4.90 Å². The number of carbonyl (C=O) groups is 5. The number of benzene rings is 1. The number of ether oxygens (including phenoxy) is 2. The number of nitrogens with one attached hydrogen (secondary N) is 1. The molecule has 1 saturated heterocycles. The number of carbonyl (C=O) groups excluding carboxylic acids is 5. The SMILES string of the molecule is O=C1COc2ccc(C(=O)COC(=O)CN3C(=O)C4CCCCC4C3=O)cc2N1. The number of likely N-dealkylation sites (tertiary alicyclic amines) is 1. The van der Waals surface area contributed by atoms with Crippen molar-refractivity contribution in [3.05, 3.63) is 23.8 Å². The number of fused-ring (bicyclic) bond motifs is 2. The first-order valence-corrected chi connectivity index (χ1v) is 9.55. The van der Waals surface area contributed by atoms with E-state index < -0.39 is 24.9 Å². The molecular formula is C20H20N2O7. The van der Waals surface area contributed by atoms with Crippen molar-refractivity contribution in [3.63, 3.8) is 0 Å². The first kappa shape index (κ1) is 19.1. The largest absolute Gasteiger partial charge is 0.482 e. The van der Waals surface area contributed by atoms with E-state index in [1.807, 2.05) is 0 Å². The Labute approximate surface area is 166 Å². The van der Waals surface area contributed by atoms with E-state index in [1.54, 1.807) is 6.07 Å². The van der Waals surface area contributed by atoms with Gasteiger partial charge in [0.25, 0.3) is 5.91 Å². The molecule has 1 saturated carbocycles. The van der Waals surface area contributed by atoms with Crippen LogP contribution >= 0.6 is 0 Å². The zero-order valence-corrected chi connectivity index (χ0v) is 15.6. The van der Waals surface area contributed by atoms with Crippen LogP contribution in [0.3, 0.4) is 0 Å². The van der Waals surface area contributed by atoms with Gasteiger partial charge in [-0.05, 0) is 31.0 Å². The molecule has 1 aliphatic carbocycles. The quantitative estimate of drug-likeness (QED) is 0.443. The molecule has 0 spiro atoms. The summed E-state index contributed by atoms with van der Waals surface area (Å²) in [4.78, 5) is 61.5. The Morgan fingerprint density at radius 1 is 1.10 bits per heavy atom. The fraction of sp³-hybridized carbons (Fsp3) is 0.450. The van der Waals surface area contributed by atoms with Crippen LogP contribution in [0.1, 0.15) is 36.0 Å². The Hall–Kier alpha value is -3.23. The van der Waals surface area contributed by atoms with Crippen LogP contribution in [0.15, 0.2) is 18.2 Å². The molecule has 152 valence electrons. The summed E-state index contributed by atoms with van der Waals surface area (Å²) in [5, 5.41) is 2.60. The number of hydrogen-bond acceptors (Lipinski definition) is 7. The smallest absolute Gasteiger partial charge is 0.326 e. The van der Waals surface area contributed by atoms with Crippen molar-refractivity contribution < 1.29 is 33.4 Å². The number of esters is 1. The van der Waals surface area contributed by atoms with Gasteiger partial charge in [0.05, 0.1) is 17.5 Å². The Morgan fingerprint density at radius 3 is 2.48 bits per heavy atom. The average Bonchev–Trinajstić information content (AvgIpc) is 2.96. The van der Waals surface area contributed by atoms with Crippen LogP contribution < -0.4 is 10.1 Å². The summed E-state index contributed by atoms with van der Waals surface area (Å²) in [6.07, 6.45) is 3.13. The van der Waals surface area contributed by atoms with Crippen LogP contribution in [0.5, 0.6) is 5.75 Å². The van der Waals surface area contributed by atoms with Crippen molar-refractivity contribution in [3.8, 4) is 5.75 Å². The molecule has 1 aromatic rings. The molecule has 2 aliphatic heterocycles. The minimum absolute atomic E-state index is 0.0897. The van der Waals surface area contributed by atoms with Crippen molar-refractivity contribution in [1.29, 1.82) is 0 Å². The second-order valence-electron chi connectivity index (χ2n) is 7.39. The number of rotatable bonds is 5. The van der Waals surface area contributed by atoms with Crippen LogP contribution in [0.2, 0.25) is 0 Å². The van der Waals surface area contributed by atoms with Gasteiger partial charge in [0.2, 0.25) is 11.8 Å². The highest BCUT2D eigenvalue weighted by Gasteiger charge is 2.48. The Morgan fingerprint density at radius 2 is 1.79 bits per heavy atom. The Balaban J connectivity index is 1.33. The molecule has 0 bridgehead atoms. The number of hydrogen-bond donors (Lipinski definition) is 1. The third-order valence-corrected chi connectivity index (χ3v) is 5.52. The molecule has 1 aromatic carbocycles. The molecule has 2 fully saturated rings. The van der Waals surface area contributed by atoms with Gasteiger partial charge in [-0.1, -0.05) is 12.8 Å². The molecule has 9 nitrogen and oxygen atoms in total. The van der Waals surface area contributed by atoms with Crippen molar-refractivity contribution in [2.24, 2.45) is 11.8 Å². The maximum absolute atomic E-state index is 12.4. The van der Waals surface area contributed by atoms with Gasteiger partial charge in [0.1, 0.15) is 12.3 Å². The molecular weight excluding hydrogens is 380 g/mol. The lowest BCUT2D eigenvalue weighted by molar-refractivity contribution is -0.152. The number of nitrogens with zero attached hydrogens (tertiary/aromatic N) is 1. The summed E-state index contributed by atoms with van der Waals surface area (Å²) in [6, 6.07) is 4.50. The predicted molar refractivity (Wildman–Crippen MR) is 98.0 cm³/mol. The Bertz CT molecular complexity index is 886. The van der Waals surface area contributed by atoms with Crippen molar-refractivity contribution in [2.75, 3.05) is 25.1 Å². The molecule has 3 amide bonds. The van der Waals surface area contributed by atoms with E-state index in [-0.39, 0.29) is 41.7 Å². The zero-order valence-electron chi connectivity index (χ0n) is 15.6. The molecule has 4 rings (SSSR count). The van der Waals surface area contributed by atoms with Gasteiger partial charge in [0.15, 0.2) is 19.0 Å². The molecule has 9 heteroatoms. The summed E-state index contributed by atoms with van der Waals surface area (Å²) in [7, 11) is 0. The predicted octanol–water partition coefficient (Wildman–Crippen LogP) is 0.919. The summed E-state index contributed by atoms with van der Waals surface area (Å²) >= 11 is 0.